The van der Waals surface area contributed by atoms with Gasteiger partial charge in [0.25, 0.3) is 0 Å². The lowest BCUT2D eigenvalue weighted by Crippen LogP contribution is -2.18. The van der Waals surface area contributed by atoms with Crippen LogP contribution in [-0.4, -0.2) is 11.7 Å². The van der Waals surface area contributed by atoms with Gasteiger partial charge in [0, 0.05) is 17.8 Å². The second-order valence-corrected chi connectivity index (χ2v) is 4.80. The Balaban J connectivity index is 1.64. The third-order valence-electron chi connectivity index (χ3n) is 3.36. The van der Waals surface area contributed by atoms with Crippen LogP contribution in [0.3, 0.4) is 0 Å². The summed E-state index contributed by atoms with van der Waals surface area (Å²) in [7, 11) is 0. The monoisotopic (exact) mass is 265 g/mol. The van der Waals surface area contributed by atoms with E-state index in [9.17, 15) is 4.79 Å². The molecule has 1 aromatic carbocycles. The highest BCUT2D eigenvalue weighted by molar-refractivity contribution is 6.05. The number of aliphatic imine (C=N–C) groups is 1. The average Bonchev–Trinajstić information content (AvgIpc) is 2.53. The second kappa shape index (κ2) is 5.70. The summed E-state index contributed by atoms with van der Waals surface area (Å²) in [5.74, 6) is -0.0806. The number of ether oxygens (including phenoxy) is 1. The first kappa shape index (κ1) is 12.6. The van der Waals surface area contributed by atoms with E-state index >= 15 is 0 Å². The molecule has 1 unspecified atom stereocenters. The highest BCUT2D eigenvalue weighted by Crippen LogP contribution is 2.22. The van der Waals surface area contributed by atoms with Gasteiger partial charge in [-0.2, -0.15) is 0 Å². The van der Waals surface area contributed by atoms with Crippen LogP contribution in [0.1, 0.15) is 12.0 Å². The minimum atomic E-state index is -0.279. The number of benzene rings is 1. The van der Waals surface area contributed by atoms with Crippen molar-refractivity contribution in [2.75, 3.05) is 0 Å². The van der Waals surface area contributed by atoms with Crippen LogP contribution in [0.15, 0.2) is 71.4 Å². The Morgan fingerprint density at radius 2 is 2.10 bits per heavy atom. The molecule has 0 saturated carbocycles. The number of hydrogen-bond acceptors (Lipinski definition) is 3. The number of esters is 1. The van der Waals surface area contributed by atoms with E-state index in [0.717, 1.165) is 17.7 Å². The van der Waals surface area contributed by atoms with Crippen molar-refractivity contribution in [1.29, 1.82) is 0 Å². The standard InChI is InChI=1S/C17H15NO2/c19-17(20-12-13-5-2-1-3-6-13)15-8-9-16-14(11-15)7-4-10-18-16/h1-6,8-11,14H,7,12H2. The van der Waals surface area contributed by atoms with Crippen molar-refractivity contribution in [1.82, 2.24) is 0 Å². The lowest BCUT2D eigenvalue weighted by atomic mass is 9.90. The van der Waals surface area contributed by atoms with Crippen LogP contribution in [0.5, 0.6) is 0 Å². The zero-order valence-electron chi connectivity index (χ0n) is 11.0. The van der Waals surface area contributed by atoms with Gasteiger partial charge >= 0.3 is 5.97 Å². The predicted molar refractivity (Wildman–Crippen MR) is 78.1 cm³/mol. The summed E-state index contributed by atoms with van der Waals surface area (Å²) in [6, 6.07) is 9.68. The Morgan fingerprint density at radius 1 is 1.25 bits per heavy atom. The second-order valence-electron chi connectivity index (χ2n) is 4.80. The first-order valence-corrected chi connectivity index (χ1v) is 6.66. The molecule has 20 heavy (non-hydrogen) atoms. The van der Waals surface area contributed by atoms with Gasteiger partial charge in [0.2, 0.25) is 0 Å². The molecule has 3 rings (SSSR count). The lowest BCUT2D eigenvalue weighted by molar-refractivity contribution is -0.139. The molecule has 0 amide bonds. The normalized spacial score (nSPS) is 19.9. The molecule has 3 nitrogen and oxygen atoms in total. The largest absolute Gasteiger partial charge is 0.457 e. The maximum Gasteiger partial charge on any atom is 0.338 e. The first-order chi connectivity index (χ1) is 9.83. The van der Waals surface area contributed by atoms with E-state index < -0.39 is 0 Å². The smallest absolute Gasteiger partial charge is 0.338 e. The number of carbonyl (C=O) groups is 1. The van der Waals surface area contributed by atoms with E-state index in [4.69, 9.17) is 4.74 Å². The van der Waals surface area contributed by atoms with Gasteiger partial charge in [0.15, 0.2) is 0 Å². The number of allylic oxidation sites excluding steroid dienone is 3. The van der Waals surface area contributed by atoms with Gasteiger partial charge in [-0.3, -0.25) is 4.99 Å². The molecule has 0 aromatic heterocycles. The van der Waals surface area contributed by atoms with Crippen LogP contribution < -0.4 is 0 Å². The fourth-order valence-electron chi connectivity index (χ4n) is 2.27. The van der Waals surface area contributed by atoms with Crippen LogP contribution in [0.2, 0.25) is 0 Å². The van der Waals surface area contributed by atoms with Gasteiger partial charge in [-0.05, 0) is 24.1 Å². The number of hydrogen-bond donors (Lipinski definition) is 0. The molecule has 0 fully saturated rings. The quantitative estimate of drug-likeness (QED) is 0.787. The molecule has 100 valence electrons. The number of rotatable bonds is 3. The maximum atomic E-state index is 12.0. The van der Waals surface area contributed by atoms with Crippen LogP contribution in [0, 0.1) is 5.92 Å². The minimum Gasteiger partial charge on any atom is -0.457 e. The molecule has 1 heterocycles. The molecule has 0 bridgehead atoms. The van der Waals surface area contributed by atoms with Crippen LogP contribution in [0.25, 0.3) is 0 Å². The molecule has 1 aromatic rings. The molecular formula is C17H15NO2. The van der Waals surface area contributed by atoms with E-state index in [1.165, 1.54) is 0 Å². The summed E-state index contributed by atoms with van der Waals surface area (Å²) in [5.41, 5.74) is 2.61. The topological polar surface area (TPSA) is 38.7 Å². The molecule has 1 aliphatic heterocycles. The Hall–Kier alpha value is -2.42. The van der Waals surface area contributed by atoms with Gasteiger partial charge in [0.1, 0.15) is 6.61 Å². The molecule has 3 heteroatoms. The van der Waals surface area contributed by atoms with E-state index in [1.54, 1.807) is 6.08 Å². The average molecular weight is 265 g/mol. The highest BCUT2D eigenvalue weighted by atomic mass is 16.5. The highest BCUT2D eigenvalue weighted by Gasteiger charge is 2.20. The molecule has 0 spiro atoms. The third-order valence-corrected chi connectivity index (χ3v) is 3.36. The van der Waals surface area contributed by atoms with Crippen molar-refractivity contribution in [3.63, 3.8) is 0 Å². The van der Waals surface area contributed by atoms with Gasteiger partial charge < -0.3 is 4.74 Å². The Bertz CT molecular complexity index is 624. The number of fused-ring (bicyclic) bond motifs is 1. The summed E-state index contributed by atoms with van der Waals surface area (Å²) in [6.45, 7) is 0.302. The minimum absolute atomic E-state index is 0.198. The van der Waals surface area contributed by atoms with Crippen LogP contribution in [-0.2, 0) is 16.1 Å². The Morgan fingerprint density at radius 3 is 2.95 bits per heavy atom. The molecule has 0 saturated heterocycles. The zero-order valence-corrected chi connectivity index (χ0v) is 11.0. The lowest BCUT2D eigenvalue weighted by Gasteiger charge is -2.18. The van der Waals surface area contributed by atoms with Crippen molar-refractivity contribution < 1.29 is 9.53 Å². The van der Waals surface area contributed by atoms with Gasteiger partial charge in [0.05, 0.1) is 5.57 Å². The van der Waals surface area contributed by atoms with Gasteiger partial charge in [-0.25, -0.2) is 4.79 Å². The zero-order chi connectivity index (χ0) is 13.8. The van der Waals surface area contributed by atoms with Crippen LogP contribution in [0.4, 0.5) is 0 Å². The van der Waals surface area contributed by atoms with Gasteiger partial charge in [-0.1, -0.05) is 42.5 Å². The number of nitrogens with zero attached hydrogens (tertiary/aromatic N) is 1. The summed E-state index contributed by atoms with van der Waals surface area (Å²) in [5, 5.41) is 0. The predicted octanol–water partition coefficient (Wildman–Crippen LogP) is 3.20. The third kappa shape index (κ3) is 2.77. The molecule has 1 atom stereocenters. The molecule has 0 N–H and O–H groups in total. The van der Waals surface area contributed by atoms with E-state index in [1.807, 2.05) is 54.8 Å². The fraction of sp³-hybridized carbons (Fsp3) is 0.176. The summed E-state index contributed by atoms with van der Waals surface area (Å²) >= 11 is 0. The fourth-order valence-corrected chi connectivity index (χ4v) is 2.27. The van der Waals surface area contributed by atoms with Gasteiger partial charge in [-0.15, -0.1) is 0 Å². The first-order valence-electron chi connectivity index (χ1n) is 6.66. The number of carbonyl (C=O) groups excluding carboxylic acids is 1. The van der Waals surface area contributed by atoms with E-state index in [0.29, 0.717) is 12.2 Å². The SMILES string of the molecule is O=C(OCc1ccccc1)C1=CC2CC=CN=C2C=C1. The molecule has 1 aliphatic carbocycles. The maximum absolute atomic E-state index is 12.0. The summed E-state index contributed by atoms with van der Waals surface area (Å²) in [4.78, 5) is 16.3. The van der Waals surface area contributed by atoms with Crippen molar-refractivity contribution in [2.45, 2.75) is 13.0 Å². The van der Waals surface area contributed by atoms with Crippen molar-refractivity contribution in [3.05, 3.63) is 72.0 Å². The molecule has 0 radical (unpaired) electrons. The van der Waals surface area contributed by atoms with E-state index in [2.05, 4.69) is 4.99 Å². The molecular weight excluding hydrogens is 250 g/mol. The summed E-state index contributed by atoms with van der Waals surface area (Å²) in [6.07, 6.45) is 10.3. The Labute approximate surface area is 118 Å². The van der Waals surface area contributed by atoms with Crippen molar-refractivity contribution >= 4 is 11.7 Å². The Kier molecular flexibility index (Phi) is 3.59. The van der Waals surface area contributed by atoms with Crippen molar-refractivity contribution in [3.8, 4) is 0 Å². The summed E-state index contributed by atoms with van der Waals surface area (Å²) < 4.78 is 5.33. The van der Waals surface area contributed by atoms with E-state index in [-0.39, 0.29) is 11.9 Å². The van der Waals surface area contributed by atoms with Crippen LogP contribution >= 0.6 is 0 Å². The molecule has 2 aliphatic rings. The van der Waals surface area contributed by atoms with Crippen molar-refractivity contribution in [2.24, 2.45) is 10.9 Å².